The molecule has 1 atom stereocenters. The molecule has 0 amide bonds. The molecule has 0 aliphatic rings. The van der Waals surface area contributed by atoms with Crippen LogP contribution in [0.2, 0.25) is 0 Å². The van der Waals surface area contributed by atoms with E-state index in [1.165, 1.54) is 11.8 Å². The molecule has 0 aromatic carbocycles. The van der Waals surface area contributed by atoms with E-state index in [0.29, 0.717) is 11.8 Å². The zero-order valence-electron chi connectivity index (χ0n) is 10.9. The maximum Gasteiger partial charge on any atom is 0.313 e. The monoisotopic (exact) mass is 273 g/mol. The Labute approximate surface area is 111 Å². The summed E-state index contributed by atoms with van der Waals surface area (Å²) in [6.07, 6.45) is 1.97. The van der Waals surface area contributed by atoms with Gasteiger partial charge in [-0.25, -0.2) is 0 Å². The van der Waals surface area contributed by atoms with Crippen molar-refractivity contribution in [1.82, 2.24) is 14.8 Å². The molecule has 102 valence electrons. The number of aromatic nitrogens is 3. The lowest BCUT2D eigenvalue weighted by atomic mass is 10.2. The van der Waals surface area contributed by atoms with Crippen LogP contribution in [0.1, 0.15) is 31.6 Å². The molecule has 7 heteroatoms. The van der Waals surface area contributed by atoms with Gasteiger partial charge in [0, 0.05) is 7.11 Å². The molecule has 0 aliphatic carbocycles. The van der Waals surface area contributed by atoms with Crippen LogP contribution in [-0.4, -0.2) is 45.3 Å². The number of nitrogens with zero attached hydrogens (tertiary/aromatic N) is 3. The Bertz CT molecular complexity index is 389. The van der Waals surface area contributed by atoms with Crippen molar-refractivity contribution >= 4 is 17.7 Å². The predicted octanol–water partition coefficient (Wildman–Crippen LogP) is 1.75. The second kappa shape index (κ2) is 7.38. The Hall–Kier alpha value is -1.08. The normalized spacial score (nSPS) is 12.6. The Morgan fingerprint density at radius 2 is 2.28 bits per heavy atom. The molecule has 0 bridgehead atoms. The van der Waals surface area contributed by atoms with Crippen molar-refractivity contribution < 1.29 is 14.6 Å². The van der Waals surface area contributed by atoms with Gasteiger partial charge in [-0.05, 0) is 13.3 Å². The van der Waals surface area contributed by atoms with Gasteiger partial charge >= 0.3 is 5.97 Å². The van der Waals surface area contributed by atoms with Gasteiger partial charge in [0.2, 0.25) is 0 Å². The Morgan fingerprint density at radius 1 is 1.56 bits per heavy atom. The lowest BCUT2D eigenvalue weighted by Gasteiger charge is -2.19. The summed E-state index contributed by atoms with van der Waals surface area (Å²) >= 11 is 1.19. The van der Waals surface area contributed by atoms with Gasteiger partial charge in [-0.1, -0.05) is 25.1 Å². The fourth-order valence-corrected chi connectivity index (χ4v) is 2.58. The van der Waals surface area contributed by atoms with Crippen molar-refractivity contribution in [2.24, 2.45) is 0 Å². The number of carbonyl (C=O) groups is 1. The Morgan fingerprint density at radius 3 is 2.83 bits per heavy atom. The highest BCUT2D eigenvalue weighted by Crippen LogP contribution is 2.24. The number of carboxylic acid groups (broad SMARTS) is 1. The molecule has 1 rings (SSSR count). The molecule has 18 heavy (non-hydrogen) atoms. The number of carboxylic acids is 1. The van der Waals surface area contributed by atoms with Crippen LogP contribution in [0.15, 0.2) is 5.16 Å². The highest BCUT2D eigenvalue weighted by atomic mass is 32.2. The first-order chi connectivity index (χ1) is 8.60. The first-order valence-electron chi connectivity index (χ1n) is 5.85. The van der Waals surface area contributed by atoms with E-state index in [2.05, 4.69) is 17.1 Å². The highest BCUT2D eigenvalue weighted by molar-refractivity contribution is 7.99. The maximum absolute atomic E-state index is 10.6. The van der Waals surface area contributed by atoms with Crippen molar-refractivity contribution in [3.63, 3.8) is 0 Å². The molecule has 0 saturated heterocycles. The van der Waals surface area contributed by atoms with Gasteiger partial charge in [-0.2, -0.15) is 0 Å². The number of thioether (sulfide) groups is 1. The summed E-state index contributed by atoms with van der Waals surface area (Å²) in [5, 5.41) is 17.4. The van der Waals surface area contributed by atoms with Gasteiger partial charge in [0.05, 0.1) is 18.4 Å². The van der Waals surface area contributed by atoms with E-state index in [0.717, 1.165) is 18.7 Å². The average molecular weight is 273 g/mol. The second-order valence-electron chi connectivity index (χ2n) is 3.98. The Balaban J connectivity index is 2.89. The molecule has 1 aromatic rings. The standard InChI is InChI=1S/C11H19N3O3S/c1-4-5-9(6-17-3)14-8(2)12-13-11(14)18-7-10(15)16/h9H,4-7H2,1-3H3,(H,15,16). The van der Waals surface area contributed by atoms with E-state index in [1.54, 1.807) is 7.11 Å². The van der Waals surface area contributed by atoms with Crippen molar-refractivity contribution in [2.75, 3.05) is 19.5 Å². The third kappa shape index (κ3) is 3.99. The number of methoxy groups -OCH3 is 1. The number of aryl methyl sites for hydroxylation is 1. The van der Waals surface area contributed by atoms with Crippen LogP contribution >= 0.6 is 11.8 Å². The molecule has 1 N–H and O–H groups in total. The number of rotatable bonds is 8. The first kappa shape index (κ1) is 15.0. The largest absolute Gasteiger partial charge is 0.481 e. The molecule has 0 aliphatic heterocycles. The topological polar surface area (TPSA) is 77.2 Å². The minimum atomic E-state index is -0.856. The van der Waals surface area contributed by atoms with Crippen molar-refractivity contribution in [1.29, 1.82) is 0 Å². The minimum Gasteiger partial charge on any atom is -0.481 e. The zero-order valence-corrected chi connectivity index (χ0v) is 11.7. The van der Waals surface area contributed by atoms with Crippen LogP contribution in [0.4, 0.5) is 0 Å². The quantitative estimate of drug-likeness (QED) is 0.727. The van der Waals surface area contributed by atoms with E-state index in [4.69, 9.17) is 9.84 Å². The summed E-state index contributed by atoms with van der Waals surface area (Å²) in [6.45, 7) is 4.55. The number of hydrogen-bond acceptors (Lipinski definition) is 5. The lowest BCUT2D eigenvalue weighted by Crippen LogP contribution is -2.17. The summed E-state index contributed by atoms with van der Waals surface area (Å²) in [5.74, 6) is -0.0754. The van der Waals surface area contributed by atoms with Crippen LogP contribution < -0.4 is 0 Å². The van der Waals surface area contributed by atoms with Gasteiger partial charge in [0.15, 0.2) is 5.16 Å². The Kier molecular flexibility index (Phi) is 6.14. The molecule has 1 unspecified atom stereocenters. The molecular weight excluding hydrogens is 254 g/mol. The van der Waals surface area contributed by atoms with Crippen molar-refractivity contribution in [3.8, 4) is 0 Å². The fourth-order valence-electron chi connectivity index (χ4n) is 1.81. The minimum absolute atomic E-state index is 0.00996. The molecule has 1 aromatic heterocycles. The number of hydrogen-bond donors (Lipinski definition) is 1. The van der Waals surface area contributed by atoms with Crippen LogP contribution in [0, 0.1) is 6.92 Å². The number of ether oxygens (including phenoxy) is 1. The van der Waals surface area contributed by atoms with Gasteiger partial charge in [0.25, 0.3) is 0 Å². The van der Waals surface area contributed by atoms with Gasteiger partial charge < -0.3 is 14.4 Å². The smallest absolute Gasteiger partial charge is 0.313 e. The second-order valence-corrected chi connectivity index (χ2v) is 4.92. The van der Waals surface area contributed by atoms with Crippen LogP contribution in [0.3, 0.4) is 0 Å². The molecule has 0 saturated carbocycles. The maximum atomic E-state index is 10.6. The summed E-state index contributed by atoms with van der Waals surface area (Å²) < 4.78 is 7.19. The lowest BCUT2D eigenvalue weighted by molar-refractivity contribution is -0.133. The third-order valence-electron chi connectivity index (χ3n) is 2.51. The first-order valence-corrected chi connectivity index (χ1v) is 6.83. The molecule has 6 nitrogen and oxygen atoms in total. The van der Waals surface area contributed by atoms with E-state index in [9.17, 15) is 4.79 Å². The van der Waals surface area contributed by atoms with Crippen LogP contribution in [-0.2, 0) is 9.53 Å². The van der Waals surface area contributed by atoms with Gasteiger partial charge in [-0.15, -0.1) is 10.2 Å². The van der Waals surface area contributed by atoms with E-state index in [1.807, 2.05) is 11.5 Å². The molecule has 1 heterocycles. The molecule has 0 radical (unpaired) electrons. The SMILES string of the molecule is CCCC(COC)n1c(C)nnc1SCC(=O)O. The predicted molar refractivity (Wildman–Crippen MR) is 68.9 cm³/mol. The van der Waals surface area contributed by atoms with Crippen molar-refractivity contribution in [3.05, 3.63) is 5.82 Å². The van der Waals surface area contributed by atoms with E-state index >= 15 is 0 Å². The third-order valence-corrected chi connectivity index (χ3v) is 3.43. The molecular formula is C11H19N3O3S. The van der Waals surface area contributed by atoms with E-state index < -0.39 is 5.97 Å². The van der Waals surface area contributed by atoms with E-state index in [-0.39, 0.29) is 11.8 Å². The molecule has 0 spiro atoms. The summed E-state index contributed by atoms with van der Waals surface area (Å²) in [5.41, 5.74) is 0. The van der Waals surface area contributed by atoms with Gasteiger partial charge in [-0.3, -0.25) is 4.79 Å². The van der Waals surface area contributed by atoms with Gasteiger partial charge in [0.1, 0.15) is 5.82 Å². The summed E-state index contributed by atoms with van der Waals surface area (Å²) in [7, 11) is 1.66. The molecule has 0 fully saturated rings. The van der Waals surface area contributed by atoms with Crippen molar-refractivity contribution in [2.45, 2.75) is 37.9 Å². The van der Waals surface area contributed by atoms with Crippen LogP contribution in [0.5, 0.6) is 0 Å². The summed E-state index contributed by atoms with van der Waals surface area (Å²) in [6, 6.07) is 0.159. The number of aliphatic carboxylic acids is 1. The average Bonchev–Trinajstić information content (AvgIpc) is 2.67. The fraction of sp³-hybridized carbons (Fsp3) is 0.727. The van der Waals surface area contributed by atoms with Crippen LogP contribution in [0.25, 0.3) is 0 Å². The summed E-state index contributed by atoms with van der Waals surface area (Å²) in [4.78, 5) is 10.6. The highest BCUT2D eigenvalue weighted by Gasteiger charge is 2.19. The zero-order chi connectivity index (χ0) is 13.5.